The molecular formula is C5H5NO2S. The number of amides is 1. The average molecular weight is 143 g/mol. The van der Waals surface area contributed by atoms with Crippen molar-refractivity contribution in [3.05, 3.63) is 24.2 Å². The Balaban J connectivity index is 2.77. The number of furan rings is 1. The minimum Gasteiger partial charge on any atom is -0.459 e. The molecule has 0 atom stereocenters. The van der Waals surface area contributed by atoms with Crippen LogP contribution in [0.5, 0.6) is 0 Å². The maximum absolute atomic E-state index is 10.6. The van der Waals surface area contributed by atoms with Gasteiger partial charge in [0.2, 0.25) is 0 Å². The molecule has 1 heterocycles. The van der Waals surface area contributed by atoms with Gasteiger partial charge in [0.15, 0.2) is 5.76 Å². The van der Waals surface area contributed by atoms with Gasteiger partial charge in [0, 0.05) is 0 Å². The largest absolute Gasteiger partial charge is 0.459 e. The maximum atomic E-state index is 10.6. The van der Waals surface area contributed by atoms with Crippen molar-refractivity contribution in [1.29, 1.82) is 0 Å². The van der Waals surface area contributed by atoms with Crippen LogP contribution < -0.4 is 4.72 Å². The maximum Gasteiger partial charge on any atom is 0.296 e. The highest BCUT2D eigenvalue weighted by Crippen LogP contribution is 1.98. The molecule has 0 bridgehead atoms. The summed E-state index contributed by atoms with van der Waals surface area (Å²) in [6.07, 6.45) is 1.43. The van der Waals surface area contributed by atoms with Crippen LogP contribution in [0.25, 0.3) is 0 Å². The Morgan fingerprint density at radius 1 is 1.78 bits per heavy atom. The van der Waals surface area contributed by atoms with Crippen molar-refractivity contribution in [2.75, 3.05) is 0 Å². The van der Waals surface area contributed by atoms with Crippen LogP contribution in [0.4, 0.5) is 0 Å². The summed E-state index contributed by atoms with van der Waals surface area (Å²) in [4.78, 5) is 10.6. The lowest BCUT2D eigenvalue weighted by atomic mass is 10.4. The van der Waals surface area contributed by atoms with E-state index in [1.165, 1.54) is 6.26 Å². The quantitative estimate of drug-likeness (QED) is 0.572. The molecular weight excluding hydrogens is 138 g/mol. The van der Waals surface area contributed by atoms with Crippen molar-refractivity contribution < 1.29 is 9.21 Å². The number of carbonyl (C=O) groups excluding carboxylic acids is 1. The van der Waals surface area contributed by atoms with E-state index >= 15 is 0 Å². The Labute approximate surface area is 57.6 Å². The molecule has 9 heavy (non-hydrogen) atoms. The molecule has 0 fully saturated rings. The van der Waals surface area contributed by atoms with E-state index in [-0.39, 0.29) is 11.7 Å². The van der Waals surface area contributed by atoms with Crippen LogP contribution >= 0.6 is 12.8 Å². The lowest BCUT2D eigenvalue weighted by Gasteiger charge is -1.88. The SMILES string of the molecule is O=C(NS)c1ccco1. The summed E-state index contributed by atoms with van der Waals surface area (Å²) < 4.78 is 6.85. The summed E-state index contributed by atoms with van der Waals surface area (Å²) in [7, 11) is 0. The molecule has 48 valence electrons. The molecule has 0 saturated heterocycles. The molecule has 0 aliphatic rings. The molecule has 0 saturated carbocycles. The predicted octanol–water partition coefficient (Wildman–Crippen LogP) is 0.854. The second kappa shape index (κ2) is 2.59. The smallest absolute Gasteiger partial charge is 0.296 e. The number of hydrogen-bond donors (Lipinski definition) is 2. The van der Waals surface area contributed by atoms with E-state index in [9.17, 15) is 4.79 Å². The third-order valence-electron chi connectivity index (χ3n) is 0.847. The van der Waals surface area contributed by atoms with Gasteiger partial charge in [-0.25, -0.2) is 0 Å². The Hall–Kier alpha value is -0.900. The first kappa shape index (κ1) is 6.22. The van der Waals surface area contributed by atoms with Crippen molar-refractivity contribution in [2.45, 2.75) is 0 Å². The summed E-state index contributed by atoms with van der Waals surface area (Å²) in [5.74, 6) is -0.0617. The zero-order valence-corrected chi connectivity index (χ0v) is 5.39. The van der Waals surface area contributed by atoms with Crippen LogP contribution in [0.2, 0.25) is 0 Å². The fourth-order valence-electron chi connectivity index (χ4n) is 0.463. The monoisotopic (exact) mass is 143 g/mol. The van der Waals surface area contributed by atoms with Crippen LogP contribution in [-0.4, -0.2) is 5.91 Å². The molecule has 1 rings (SSSR count). The van der Waals surface area contributed by atoms with Gasteiger partial charge < -0.3 is 4.42 Å². The summed E-state index contributed by atoms with van der Waals surface area (Å²) in [5.41, 5.74) is 0. The minimum absolute atomic E-state index is 0.269. The predicted molar refractivity (Wildman–Crippen MR) is 35.2 cm³/mol. The zero-order chi connectivity index (χ0) is 6.69. The van der Waals surface area contributed by atoms with E-state index in [0.29, 0.717) is 0 Å². The summed E-state index contributed by atoms with van der Waals surface area (Å²) in [6.45, 7) is 0. The molecule has 0 aliphatic carbocycles. The molecule has 1 N–H and O–H groups in total. The van der Waals surface area contributed by atoms with Crippen molar-refractivity contribution in [3.63, 3.8) is 0 Å². The van der Waals surface area contributed by atoms with E-state index < -0.39 is 0 Å². The summed E-state index contributed by atoms with van der Waals surface area (Å²) in [5, 5.41) is 0. The first-order valence-corrected chi connectivity index (χ1v) is 2.77. The van der Waals surface area contributed by atoms with Gasteiger partial charge in [-0.1, -0.05) is 12.8 Å². The number of rotatable bonds is 1. The van der Waals surface area contributed by atoms with Gasteiger partial charge in [-0.15, -0.1) is 0 Å². The van der Waals surface area contributed by atoms with E-state index in [4.69, 9.17) is 4.42 Å². The summed E-state index contributed by atoms with van der Waals surface area (Å²) >= 11 is 3.54. The number of hydrogen-bond acceptors (Lipinski definition) is 3. The lowest BCUT2D eigenvalue weighted by Crippen LogP contribution is -2.10. The van der Waals surface area contributed by atoms with Crippen molar-refractivity contribution >= 4 is 18.7 Å². The standard InChI is InChI=1S/C5H5NO2S/c7-5(6-9)4-2-1-3-8-4/h1-3,9H,(H,6,7). The van der Waals surface area contributed by atoms with Crippen LogP contribution in [-0.2, 0) is 0 Å². The van der Waals surface area contributed by atoms with Crippen molar-refractivity contribution in [3.8, 4) is 0 Å². The van der Waals surface area contributed by atoms with Gasteiger partial charge in [-0.05, 0) is 12.1 Å². The highest BCUT2D eigenvalue weighted by Gasteiger charge is 2.03. The highest BCUT2D eigenvalue weighted by atomic mass is 32.1. The Morgan fingerprint density at radius 2 is 2.56 bits per heavy atom. The lowest BCUT2D eigenvalue weighted by molar-refractivity contribution is 0.0958. The molecule has 1 amide bonds. The average Bonchev–Trinajstić information content (AvgIpc) is 2.37. The molecule has 0 aliphatic heterocycles. The molecule has 3 nitrogen and oxygen atoms in total. The molecule has 1 aromatic heterocycles. The van der Waals surface area contributed by atoms with Gasteiger partial charge in [0.05, 0.1) is 6.26 Å². The van der Waals surface area contributed by atoms with Gasteiger partial charge in [-0.2, -0.15) is 0 Å². The topological polar surface area (TPSA) is 42.2 Å². The van der Waals surface area contributed by atoms with E-state index in [0.717, 1.165) is 0 Å². The van der Waals surface area contributed by atoms with E-state index in [1.807, 2.05) is 0 Å². The number of thiol groups is 1. The van der Waals surface area contributed by atoms with Crippen LogP contribution in [0.1, 0.15) is 10.6 Å². The third kappa shape index (κ3) is 1.26. The number of nitrogens with one attached hydrogen (secondary N) is 1. The van der Waals surface area contributed by atoms with E-state index in [1.54, 1.807) is 12.1 Å². The van der Waals surface area contributed by atoms with Crippen molar-refractivity contribution in [2.24, 2.45) is 0 Å². The van der Waals surface area contributed by atoms with E-state index in [2.05, 4.69) is 17.5 Å². The minimum atomic E-state index is -0.330. The first-order valence-electron chi connectivity index (χ1n) is 2.32. The van der Waals surface area contributed by atoms with Crippen LogP contribution in [0, 0.1) is 0 Å². The molecule has 0 unspecified atom stereocenters. The summed E-state index contributed by atoms with van der Waals surface area (Å²) in [6, 6.07) is 3.20. The molecule has 0 aromatic carbocycles. The fraction of sp³-hybridized carbons (Fsp3) is 0. The van der Waals surface area contributed by atoms with Gasteiger partial charge in [0.1, 0.15) is 0 Å². The third-order valence-corrected chi connectivity index (χ3v) is 1.05. The Bertz CT molecular complexity index is 195. The second-order valence-corrected chi connectivity index (χ2v) is 1.64. The second-order valence-electron chi connectivity index (χ2n) is 1.42. The molecule has 0 radical (unpaired) electrons. The van der Waals surface area contributed by atoms with Crippen LogP contribution in [0.3, 0.4) is 0 Å². The van der Waals surface area contributed by atoms with Gasteiger partial charge >= 0.3 is 0 Å². The molecule has 1 aromatic rings. The first-order chi connectivity index (χ1) is 4.34. The van der Waals surface area contributed by atoms with Crippen LogP contribution in [0.15, 0.2) is 22.8 Å². The normalized spacial score (nSPS) is 9.00. The molecule has 4 heteroatoms. The fourth-order valence-corrected chi connectivity index (χ4v) is 0.573. The van der Waals surface area contributed by atoms with Gasteiger partial charge in [0.25, 0.3) is 5.91 Å². The van der Waals surface area contributed by atoms with Gasteiger partial charge in [-0.3, -0.25) is 9.52 Å². The Morgan fingerprint density at radius 3 is 3.00 bits per heavy atom. The number of carbonyl (C=O) groups is 1. The zero-order valence-electron chi connectivity index (χ0n) is 4.50. The highest BCUT2D eigenvalue weighted by molar-refractivity contribution is 7.78. The van der Waals surface area contributed by atoms with Crippen molar-refractivity contribution in [1.82, 2.24) is 4.72 Å². The molecule has 0 spiro atoms. The Kier molecular flexibility index (Phi) is 1.79.